The standard InChI is InChI=1S/C12H17IO4/c1-4-16-8(2)17-11-6-9(7-14)5-10(15-3)12(11)13/h5-6,8,14H,4,7H2,1-3H3. The molecular formula is C12H17IO4. The first-order chi connectivity index (χ1) is 8.12. The van der Waals surface area contributed by atoms with Gasteiger partial charge in [-0.3, -0.25) is 0 Å². The average Bonchev–Trinajstić information content (AvgIpc) is 2.32. The van der Waals surface area contributed by atoms with E-state index < -0.39 is 0 Å². The first-order valence-electron chi connectivity index (χ1n) is 5.37. The van der Waals surface area contributed by atoms with Gasteiger partial charge in [0.2, 0.25) is 0 Å². The summed E-state index contributed by atoms with van der Waals surface area (Å²) in [5, 5.41) is 9.17. The number of rotatable bonds is 6. The molecule has 0 saturated heterocycles. The molecule has 1 aromatic rings. The molecule has 1 atom stereocenters. The van der Waals surface area contributed by atoms with Crippen molar-refractivity contribution >= 4 is 22.6 Å². The molecule has 4 nitrogen and oxygen atoms in total. The third-order valence-electron chi connectivity index (χ3n) is 2.16. The van der Waals surface area contributed by atoms with Crippen LogP contribution in [0.5, 0.6) is 11.5 Å². The molecule has 0 fully saturated rings. The van der Waals surface area contributed by atoms with Crippen LogP contribution < -0.4 is 9.47 Å². The van der Waals surface area contributed by atoms with Crippen LogP contribution in [0.2, 0.25) is 0 Å². The van der Waals surface area contributed by atoms with Gasteiger partial charge in [0.25, 0.3) is 0 Å². The first kappa shape index (κ1) is 14.5. The number of aliphatic hydroxyl groups excluding tert-OH is 1. The van der Waals surface area contributed by atoms with Gasteiger partial charge in [0.1, 0.15) is 11.5 Å². The predicted octanol–water partition coefficient (Wildman–Crippen LogP) is 2.55. The van der Waals surface area contributed by atoms with Crippen molar-refractivity contribution in [3.63, 3.8) is 0 Å². The largest absolute Gasteiger partial charge is 0.495 e. The van der Waals surface area contributed by atoms with E-state index in [-0.39, 0.29) is 12.9 Å². The molecule has 0 aromatic heterocycles. The van der Waals surface area contributed by atoms with Gasteiger partial charge in [0, 0.05) is 6.61 Å². The summed E-state index contributed by atoms with van der Waals surface area (Å²) in [5.41, 5.74) is 0.751. The van der Waals surface area contributed by atoms with Gasteiger partial charge in [-0.2, -0.15) is 0 Å². The van der Waals surface area contributed by atoms with Crippen LogP contribution in [0.4, 0.5) is 0 Å². The number of ether oxygens (including phenoxy) is 3. The van der Waals surface area contributed by atoms with Gasteiger partial charge in [0.15, 0.2) is 6.29 Å². The van der Waals surface area contributed by atoms with Gasteiger partial charge in [0.05, 0.1) is 17.3 Å². The molecule has 0 saturated carbocycles. The fourth-order valence-corrected chi connectivity index (χ4v) is 2.06. The third kappa shape index (κ3) is 4.01. The Hall–Kier alpha value is -0.530. The zero-order valence-electron chi connectivity index (χ0n) is 10.2. The second kappa shape index (κ2) is 7.03. The van der Waals surface area contributed by atoms with Crippen LogP contribution in [0.1, 0.15) is 19.4 Å². The molecule has 0 bridgehead atoms. The highest BCUT2D eigenvalue weighted by Gasteiger charge is 2.13. The zero-order valence-corrected chi connectivity index (χ0v) is 12.4. The van der Waals surface area contributed by atoms with Gasteiger partial charge >= 0.3 is 0 Å². The molecule has 0 radical (unpaired) electrons. The molecule has 0 spiro atoms. The number of halogens is 1. The van der Waals surface area contributed by atoms with Crippen molar-refractivity contribution in [2.24, 2.45) is 0 Å². The topological polar surface area (TPSA) is 47.9 Å². The molecule has 0 aliphatic rings. The van der Waals surface area contributed by atoms with Crippen molar-refractivity contribution < 1.29 is 19.3 Å². The van der Waals surface area contributed by atoms with Crippen LogP contribution in [0, 0.1) is 3.57 Å². The Morgan fingerprint density at radius 1 is 1.35 bits per heavy atom. The van der Waals surface area contributed by atoms with E-state index in [0.29, 0.717) is 18.1 Å². The van der Waals surface area contributed by atoms with Crippen LogP contribution in [-0.4, -0.2) is 25.1 Å². The van der Waals surface area contributed by atoms with E-state index in [1.54, 1.807) is 19.2 Å². The Labute approximate surface area is 115 Å². The van der Waals surface area contributed by atoms with Gasteiger partial charge in [-0.15, -0.1) is 0 Å². The highest BCUT2D eigenvalue weighted by molar-refractivity contribution is 14.1. The Kier molecular flexibility index (Phi) is 6.01. The van der Waals surface area contributed by atoms with Crippen LogP contribution in [-0.2, 0) is 11.3 Å². The minimum absolute atomic E-state index is 0.0490. The van der Waals surface area contributed by atoms with Crippen molar-refractivity contribution in [2.45, 2.75) is 26.7 Å². The summed E-state index contributed by atoms with van der Waals surface area (Å²) in [6.07, 6.45) is -0.327. The van der Waals surface area contributed by atoms with Crippen LogP contribution >= 0.6 is 22.6 Å². The predicted molar refractivity (Wildman–Crippen MR) is 73.3 cm³/mol. The SMILES string of the molecule is CCOC(C)Oc1cc(CO)cc(OC)c1I. The first-order valence-corrected chi connectivity index (χ1v) is 6.45. The summed E-state index contributed by atoms with van der Waals surface area (Å²) in [6.45, 7) is 4.29. The number of hydrogen-bond acceptors (Lipinski definition) is 4. The lowest BCUT2D eigenvalue weighted by Crippen LogP contribution is -2.16. The zero-order chi connectivity index (χ0) is 12.8. The number of aliphatic hydroxyl groups is 1. The highest BCUT2D eigenvalue weighted by atomic mass is 127. The minimum atomic E-state index is -0.327. The monoisotopic (exact) mass is 352 g/mol. The number of benzene rings is 1. The van der Waals surface area contributed by atoms with Crippen LogP contribution in [0.15, 0.2) is 12.1 Å². The van der Waals surface area contributed by atoms with E-state index in [1.807, 2.05) is 13.8 Å². The maximum absolute atomic E-state index is 9.17. The van der Waals surface area contributed by atoms with E-state index in [1.165, 1.54) is 0 Å². The third-order valence-corrected chi connectivity index (χ3v) is 3.23. The van der Waals surface area contributed by atoms with Crippen molar-refractivity contribution in [3.8, 4) is 11.5 Å². The molecule has 1 aromatic carbocycles. The van der Waals surface area contributed by atoms with Crippen molar-refractivity contribution in [1.29, 1.82) is 0 Å². The highest BCUT2D eigenvalue weighted by Crippen LogP contribution is 2.32. The van der Waals surface area contributed by atoms with E-state index in [4.69, 9.17) is 19.3 Å². The maximum Gasteiger partial charge on any atom is 0.197 e. The molecule has 96 valence electrons. The van der Waals surface area contributed by atoms with E-state index in [2.05, 4.69) is 22.6 Å². The summed E-state index contributed by atoms with van der Waals surface area (Å²) in [6, 6.07) is 3.58. The Morgan fingerprint density at radius 3 is 2.53 bits per heavy atom. The quantitative estimate of drug-likeness (QED) is 0.632. The molecular weight excluding hydrogens is 335 g/mol. The van der Waals surface area contributed by atoms with Gasteiger partial charge in [-0.1, -0.05) is 0 Å². The number of methoxy groups -OCH3 is 1. The van der Waals surface area contributed by atoms with E-state index in [9.17, 15) is 0 Å². The lowest BCUT2D eigenvalue weighted by atomic mass is 10.2. The minimum Gasteiger partial charge on any atom is -0.495 e. The van der Waals surface area contributed by atoms with E-state index in [0.717, 1.165) is 9.13 Å². The molecule has 1 rings (SSSR count). The van der Waals surface area contributed by atoms with Crippen molar-refractivity contribution in [3.05, 3.63) is 21.3 Å². The molecule has 0 heterocycles. The summed E-state index contributed by atoms with van der Waals surface area (Å²) in [7, 11) is 1.59. The van der Waals surface area contributed by atoms with Crippen molar-refractivity contribution in [2.75, 3.05) is 13.7 Å². The van der Waals surface area contributed by atoms with Crippen LogP contribution in [0.25, 0.3) is 0 Å². The van der Waals surface area contributed by atoms with Gasteiger partial charge in [-0.05, 0) is 54.1 Å². The van der Waals surface area contributed by atoms with Gasteiger partial charge in [-0.25, -0.2) is 0 Å². The van der Waals surface area contributed by atoms with Crippen molar-refractivity contribution in [1.82, 2.24) is 0 Å². The number of hydrogen-bond donors (Lipinski definition) is 1. The van der Waals surface area contributed by atoms with E-state index >= 15 is 0 Å². The fraction of sp³-hybridized carbons (Fsp3) is 0.500. The summed E-state index contributed by atoms with van der Waals surface area (Å²) >= 11 is 2.15. The smallest absolute Gasteiger partial charge is 0.197 e. The van der Waals surface area contributed by atoms with Gasteiger partial charge < -0.3 is 19.3 Å². The fourth-order valence-electron chi connectivity index (χ4n) is 1.40. The lowest BCUT2D eigenvalue weighted by molar-refractivity contribution is -0.0619. The maximum atomic E-state index is 9.17. The summed E-state index contributed by atoms with van der Waals surface area (Å²) in [4.78, 5) is 0. The Balaban J connectivity index is 2.96. The molecule has 1 N–H and O–H groups in total. The molecule has 1 unspecified atom stereocenters. The summed E-state index contributed by atoms with van der Waals surface area (Å²) < 4.78 is 17.1. The molecule has 5 heteroatoms. The lowest BCUT2D eigenvalue weighted by Gasteiger charge is -2.17. The summed E-state index contributed by atoms with van der Waals surface area (Å²) in [5.74, 6) is 1.35. The second-order valence-electron chi connectivity index (χ2n) is 3.41. The molecule has 17 heavy (non-hydrogen) atoms. The average molecular weight is 352 g/mol. The molecule has 0 aliphatic heterocycles. The Bertz CT molecular complexity index is 368. The Morgan fingerprint density at radius 2 is 2.00 bits per heavy atom. The normalized spacial score (nSPS) is 12.3. The molecule has 0 aliphatic carbocycles. The molecule has 0 amide bonds. The van der Waals surface area contributed by atoms with Crippen LogP contribution in [0.3, 0.4) is 0 Å². The second-order valence-corrected chi connectivity index (χ2v) is 4.49.